The predicted molar refractivity (Wildman–Crippen MR) is 101 cm³/mol. The second kappa shape index (κ2) is 7.00. The average molecular weight is 334 g/mol. The molecule has 126 valence electrons. The van der Waals surface area contributed by atoms with E-state index in [0.717, 1.165) is 34.9 Å². The highest BCUT2D eigenvalue weighted by Crippen LogP contribution is 2.40. The summed E-state index contributed by atoms with van der Waals surface area (Å²) in [6.45, 7) is 4.65. The summed E-state index contributed by atoms with van der Waals surface area (Å²) in [4.78, 5) is 0. The van der Waals surface area contributed by atoms with Gasteiger partial charge in [0, 0.05) is 38.5 Å². The molecule has 0 aliphatic heterocycles. The number of aromatic hydroxyl groups is 1. The lowest BCUT2D eigenvalue weighted by Crippen LogP contribution is -2.40. The zero-order valence-corrected chi connectivity index (χ0v) is 15.6. The molecule has 2 aromatic rings. The molecule has 0 aliphatic rings. The first kappa shape index (κ1) is 17.3. The number of phenols is 1. The van der Waals surface area contributed by atoms with Crippen LogP contribution in [0.2, 0.25) is 19.1 Å². The number of hydrogen-bond donors (Lipinski definition) is 4. The van der Waals surface area contributed by atoms with Crippen LogP contribution in [0.5, 0.6) is 5.75 Å². The fourth-order valence-corrected chi connectivity index (χ4v) is 5.00. The zero-order chi connectivity index (χ0) is 17.0. The molecule has 1 aromatic heterocycles. The summed E-state index contributed by atoms with van der Waals surface area (Å²) in [5.74, 6) is 0.243. The average Bonchev–Trinajstić information content (AvgIpc) is 3.07. The largest absolute Gasteiger partial charge is 0.506 e. The summed E-state index contributed by atoms with van der Waals surface area (Å²) in [5, 5.41) is 20.8. The maximum atomic E-state index is 10.2. The van der Waals surface area contributed by atoms with Crippen molar-refractivity contribution in [2.75, 3.05) is 37.1 Å². The van der Waals surface area contributed by atoms with Crippen molar-refractivity contribution in [1.82, 2.24) is 0 Å². The first-order valence-corrected chi connectivity index (χ1v) is 11.1. The number of anilines is 3. The fourth-order valence-electron chi connectivity index (χ4n) is 2.95. The molecule has 0 amide bonds. The molecule has 0 fully saturated rings. The number of benzene rings is 1. The molecule has 1 heterocycles. The van der Waals surface area contributed by atoms with Crippen LogP contribution in [0.4, 0.5) is 17.1 Å². The monoisotopic (exact) mass is 333 g/mol. The SMILES string of the molecule is CNc1cc(O)c(NC)c(NC)c1CC[Si](C)(C)c1ccco1. The van der Waals surface area contributed by atoms with Gasteiger partial charge < -0.3 is 25.5 Å². The highest BCUT2D eigenvalue weighted by molar-refractivity contribution is 6.88. The fraction of sp³-hybridized carbons (Fsp3) is 0.412. The van der Waals surface area contributed by atoms with Gasteiger partial charge in [-0.25, -0.2) is 0 Å². The highest BCUT2D eigenvalue weighted by atomic mass is 28.3. The van der Waals surface area contributed by atoms with Crippen LogP contribution in [0.15, 0.2) is 28.9 Å². The van der Waals surface area contributed by atoms with Crippen molar-refractivity contribution in [3.8, 4) is 5.75 Å². The summed E-state index contributed by atoms with van der Waals surface area (Å²) < 4.78 is 5.64. The number of rotatable bonds is 7. The molecule has 2 rings (SSSR count). The number of nitrogens with one attached hydrogen (secondary N) is 3. The Morgan fingerprint density at radius 2 is 1.78 bits per heavy atom. The highest BCUT2D eigenvalue weighted by Gasteiger charge is 2.28. The number of hydrogen-bond acceptors (Lipinski definition) is 5. The normalized spacial score (nSPS) is 11.3. The molecule has 0 unspecified atom stereocenters. The van der Waals surface area contributed by atoms with Crippen LogP contribution < -0.4 is 21.3 Å². The van der Waals surface area contributed by atoms with Crippen LogP contribution in [0.3, 0.4) is 0 Å². The van der Waals surface area contributed by atoms with Crippen molar-refractivity contribution in [1.29, 1.82) is 0 Å². The molecular formula is C17H27N3O2Si. The van der Waals surface area contributed by atoms with E-state index in [2.05, 4.69) is 35.1 Å². The molecule has 23 heavy (non-hydrogen) atoms. The van der Waals surface area contributed by atoms with Gasteiger partial charge in [-0.3, -0.25) is 0 Å². The minimum Gasteiger partial charge on any atom is -0.506 e. The van der Waals surface area contributed by atoms with E-state index in [4.69, 9.17) is 4.42 Å². The number of furan rings is 1. The van der Waals surface area contributed by atoms with E-state index < -0.39 is 8.07 Å². The van der Waals surface area contributed by atoms with Crippen LogP contribution in [0, 0.1) is 0 Å². The Bertz CT molecular complexity index is 654. The van der Waals surface area contributed by atoms with Crippen LogP contribution >= 0.6 is 0 Å². The van der Waals surface area contributed by atoms with Crippen molar-refractivity contribution in [2.24, 2.45) is 0 Å². The third kappa shape index (κ3) is 3.47. The van der Waals surface area contributed by atoms with E-state index in [9.17, 15) is 5.11 Å². The van der Waals surface area contributed by atoms with Gasteiger partial charge in [0.1, 0.15) is 19.5 Å². The van der Waals surface area contributed by atoms with E-state index in [-0.39, 0.29) is 5.75 Å². The maximum absolute atomic E-state index is 10.2. The number of phenolic OH excluding ortho intramolecular Hbond substituents is 1. The first-order valence-electron chi connectivity index (χ1n) is 7.90. The quantitative estimate of drug-likeness (QED) is 0.462. The predicted octanol–water partition coefficient (Wildman–Crippen LogP) is 3.27. The van der Waals surface area contributed by atoms with Gasteiger partial charge in [-0.15, -0.1) is 0 Å². The van der Waals surface area contributed by atoms with Gasteiger partial charge >= 0.3 is 0 Å². The Morgan fingerprint density at radius 1 is 1.09 bits per heavy atom. The second-order valence-electron chi connectivity index (χ2n) is 6.28. The van der Waals surface area contributed by atoms with Gasteiger partial charge in [0.2, 0.25) is 0 Å². The van der Waals surface area contributed by atoms with E-state index in [1.807, 2.05) is 27.2 Å². The molecule has 5 nitrogen and oxygen atoms in total. The van der Waals surface area contributed by atoms with Gasteiger partial charge in [0.25, 0.3) is 0 Å². The van der Waals surface area contributed by atoms with Gasteiger partial charge in [-0.05, 0) is 24.6 Å². The van der Waals surface area contributed by atoms with E-state index in [0.29, 0.717) is 0 Å². The Kier molecular flexibility index (Phi) is 5.25. The molecule has 0 saturated carbocycles. The molecule has 1 aromatic carbocycles. The molecule has 0 aliphatic carbocycles. The Hall–Kier alpha value is -2.08. The van der Waals surface area contributed by atoms with Gasteiger partial charge in [-0.1, -0.05) is 13.1 Å². The Balaban J connectivity index is 2.35. The Labute approximate surface area is 139 Å². The van der Waals surface area contributed by atoms with Crippen molar-refractivity contribution in [3.63, 3.8) is 0 Å². The Morgan fingerprint density at radius 3 is 2.30 bits per heavy atom. The summed E-state index contributed by atoms with van der Waals surface area (Å²) >= 11 is 0. The second-order valence-corrected chi connectivity index (χ2v) is 11.0. The summed E-state index contributed by atoms with van der Waals surface area (Å²) in [5.41, 5.74) is 3.82. The lowest BCUT2D eigenvalue weighted by atomic mass is 10.0. The molecule has 6 heteroatoms. The minimum absolute atomic E-state index is 0.243. The molecule has 0 bridgehead atoms. The lowest BCUT2D eigenvalue weighted by Gasteiger charge is -2.23. The van der Waals surface area contributed by atoms with E-state index >= 15 is 0 Å². The summed E-state index contributed by atoms with van der Waals surface area (Å²) in [6.07, 6.45) is 2.67. The standard InChI is InChI=1S/C17H27N3O2Si/c1-18-13-11-14(21)17(20-3)16(19-2)12(13)8-10-23(4,5)15-7-6-9-22-15/h6-7,9,11,18-21H,8,10H2,1-5H3. The van der Waals surface area contributed by atoms with Crippen LogP contribution in [0.1, 0.15) is 5.56 Å². The van der Waals surface area contributed by atoms with Crippen LogP contribution in [-0.2, 0) is 6.42 Å². The zero-order valence-electron chi connectivity index (χ0n) is 14.6. The van der Waals surface area contributed by atoms with Crippen molar-refractivity contribution in [3.05, 3.63) is 30.0 Å². The smallest absolute Gasteiger partial charge is 0.142 e. The topological polar surface area (TPSA) is 69.5 Å². The summed E-state index contributed by atoms with van der Waals surface area (Å²) in [6, 6.07) is 6.89. The molecule has 0 atom stereocenters. The molecular weight excluding hydrogens is 306 g/mol. The van der Waals surface area contributed by atoms with Crippen LogP contribution in [0.25, 0.3) is 0 Å². The third-order valence-electron chi connectivity index (χ3n) is 4.37. The van der Waals surface area contributed by atoms with Crippen molar-refractivity contribution >= 4 is 30.5 Å². The van der Waals surface area contributed by atoms with Gasteiger partial charge in [0.05, 0.1) is 17.3 Å². The lowest BCUT2D eigenvalue weighted by molar-refractivity contribution is 0.478. The summed E-state index contributed by atoms with van der Waals surface area (Å²) in [7, 11) is 3.96. The van der Waals surface area contributed by atoms with Gasteiger partial charge in [-0.2, -0.15) is 0 Å². The molecule has 0 saturated heterocycles. The molecule has 0 radical (unpaired) electrons. The minimum atomic E-state index is -1.63. The maximum Gasteiger partial charge on any atom is 0.142 e. The van der Waals surface area contributed by atoms with E-state index in [1.54, 1.807) is 12.3 Å². The van der Waals surface area contributed by atoms with Crippen LogP contribution in [-0.4, -0.2) is 34.3 Å². The molecule has 4 N–H and O–H groups in total. The molecule has 0 spiro atoms. The van der Waals surface area contributed by atoms with E-state index in [1.165, 1.54) is 5.56 Å². The van der Waals surface area contributed by atoms with Crippen molar-refractivity contribution < 1.29 is 9.52 Å². The van der Waals surface area contributed by atoms with Crippen molar-refractivity contribution in [2.45, 2.75) is 25.6 Å². The van der Waals surface area contributed by atoms with Gasteiger partial charge in [0.15, 0.2) is 0 Å². The third-order valence-corrected chi connectivity index (χ3v) is 7.49. The first-order chi connectivity index (χ1) is 10.9.